The Bertz CT molecular complexity index is 131. The summed E-state index contributed by atoms with van der Waals surface area (Å²) in [6.45, 7) is 8.45. The maximum Gasteiger partial charge on any atom is 0.0872 e. The zero-order chi connectivity index (χ0) is 10.1. The molecule has 2 nitrogen and oxygen atoms in total. The van der Waals surface area contributed by atoms with Crippen LogP contribution in [0.4, 0.5) is 0 Å². The van der Waals surface area contributed by atoms with Gasteiger partial charge in [-0.05, 0) is 32.1 Å². The minimum atomic E-state index is 0.990. The van der Waals surface area contributed by atoms with Gasteiger partial charge in [0.25, 0.3) is 0 Å². The van der Waals surface area contributed by atoms with Crippen molar-refractivity contribution >= 4 is 0 Å². The van der Waals surface area contributed by atoms with E-state index in [1.807, 2.05) is 0 Å². The number of unbranched alkanes of at least 4 members (excludes halogenated alkanes) is 1. The second-order valence-corrected chi connectivity index (χ2v) is 3.93. The number of piperidine rings is 1. The van der Waals surface area contributed by atoms with E-state index < -0.39 is 0 Å². The van der Waals surface area contributed by atoms with Gasteiger partial charge >= 0.3 is 0 Å². The van der Waals surface area contributed by atoms with Crippen molar-refractivity contribution in [1.29, 1.82) is 5.26 Å². The van der Waals surface area contributed by atoms with E-state index in [0.717, 1.165) is 6.04 Å². The molecule has 13 heavy (non-hydrogen) atoms. The van der Waals surface area contributed by atoms with Gasteiger partial charge in [-0.3, -0.25) is 0 Å². The molecule has 0 amide bonds. The fraction of sp³-hybridized carbons (Fsp3) is 0.909. The van der Waals surface area contributed by atoms with E-state index in [-0.39, 0.29) is 0 Å². The van der Waals surface area contributed by atoms with Crippen LogP contribution in [0, 0.1) is 11.8 Å². The van der Waals surface area contributed by atoms with Gasteiger partial charge in [0.15, 0.2) is 0 Å². The minimum Gasteiger partial charge on any atom is -0.512 e. The van der Waals surface area contributed by atoms with Crippen molar-refractivity contribution in [1.82, 2.24) is 0 Å². The summed E-state index contributed by atoms with van der Waals surface area (Å²) >= 11 is 0. The molecule has 0 saturated carbocycles. The highest BCUT2D eigenvalue weighted by molar-refractivity contribution is 4.60. The van der Waals surface area contributed by atoms with Crippen LogP contribution in [0.5, 0.6) is 0 Å². The van der Waals surface area contributed by atoms with Crippen LogP contribution in [0.3, 0.4) is 0 Å². The van der Waals surface area contributed by atoms with Crippen molar-refractivity contribution in [3.8, 4) is 0 Å². The van der Waals surface area contributed by atoms with E-state index in [2.05, 4.69) is 14.0 Å². The molecule has 2 atom stereocenters. The summed E-state index contributed by atoms with van der Waals surface area (Å²) in [6.07, 6.45) is 8.67. The average Bonchev–Trinajstić information content (AvgIpc) is 2.20. The maximum absolute atomic E-state index is 6.25. The first-order valence-electron chi connectivity index (χ1n) is 5.39. The predicted octanol–water partition coefficient (Wildman–Crippen LogP) is 1.34. The second kappa shape index (κ2) is 8.07. The third-order valence-corrected chi connectivity index (χ3v) is 2.98. The number of nitrogens with one attached hydrogen (secondary N) is 1. The van der Waals surface area contributed by atoms with Crippen LogP contribution < -0.4 is 4.90 Å². The molecule has 1 saturated heterocycles. The number of hydrogen-bond donors (Lipinski definition) is 1. The normalized spacial score (nSPS) is 27.4. The summed E-state index contributed by atoms with van der Waals surface area (Å²) in [7, 11) is 2.36. The first-order chi connectivity index (χ1) is 6.34. The first-order valence-corrected chi connectivity index (χ1v) is 5.39. The summed E-state index contributed by atoms with van der Waals surface area (Å²) in [4.78, 5) is 1.78. The predicted molar refractivity (Wildman–Crippen MR) is 53.9 cm³/mol. The van der Waals surface area contributed by atoms with E-state index in [1.165, 1.54) is 45.1 Å². The van der Waals surface area contributed by atoms with Crippen LogP contribution in [0.1, 0.15) is 45.4 Å². The number of hydrogen-bond acceptors (Lipinski definition) is 1. The maximum atomic E-state index is 6.25. The lowest BCUT2D eigenvalue weighted by molar-refractivity contribution is -0.911. The lowest BCUT2D eigenvalue weighted by Crippen LogP contribution is -3.13. The Hall–Kier alpha value is -0.550. The van der Waals surface area contributed by atoms with Gasteiger partial charge < -0.3 is 16.7 Å². The van der Waals surface area contributed by atoms with Crippen LogP contribution in [0.15, 0.2) is 0 Å². The SMILES string of the molecule is CCCCC1CCCC[NH+]1C.[C-]#N. The van der Waals surface area contributed by atoms with Gasteiger partial charge in [-0.15, -0.1) is 0 Å². The summed E-state index contributed by atoms with van der Waals surface area (Å²) < 4.78 is 0. The molecular formula is C11H22N2. The molecule has 1 aliphatic heterocycles. The zero-order valence-electron chi connectivity index (χ0n) is 8.97. The largest absolute Gasteiger partial charge is 0.512 e. The average molecular weight is 182 g/mol. The van der Waals surface area contributed by atoms with E-state index in [1.54, 1.807) is 4.90 Å². The molecule has 76 valence electrons. The molecule has 0 aromatic carbocycles. The summed E-state index contributed by atoms with van der Waals surface area (Å²) in [5.74, 6) is 0. The van der Waals surface area contributed by atoms with E-state index in [0.29, 0.717) is 0 Å². The molecule has 2 heteroatoms. The first kappa shape index (κ1) is 12.4. The molecule has 1 fully saturated rings. The van der Waals surface area contributed by atoms with Gasteiger partial charge in [-0.2, -0.15) is 0 Å². The van der Waals surface area contributed by atoms with E-state index in [9.17, 15) is 0 Å². The molecule has 0 radical (unpaired) electrons. The van der Waals surface area contributed by atoms with Crippen LogP contribution >= 0.6 is 0 Å². The highest BCUT2D eigenvalue weighted by Gasteiger charge is 2.20. The third kappa shape index (κ3) is 4.90. The Morgan fingerprint density at radius 3 is 2.62 bits per heavy atom. The van der Waals surface area contributed by atoms with Gasteiger partial charge in [0.05, 0.1) is 19.6 Å². The van der Waals surface area contributed by atoms with E-state index in [4.69, 9.17) is 11.8 Å². The number of nitrogens with zero attached hydrogens (tertiary/aromatic N) is 1. The van der Waals surface area contributed by atoms with Crippen molar-refractivity contribution < 1.29 is 4.90 Å². The molecule has 1 aliphatic rings. The van der Waals surface area contributed by atoms with Crippen molar-refractivity contribution in [2.45, 2.75) is 51.5 Å². The van der Waals surface area contributed by atoms with Crippen molar-refractivity contribution in [2.24, 2.45) is 0 Å². The van der Waals surface area contributed by atoms with Gasteiger partial charge in [0, 0.05) is 0 Å². The van der Waals surface area contributed by atoms with Crippen LogP contribution in [0.2, 0.25) is 0 Å². The van der Waals surface area contributed by atoms with Crippen LogP contribution in [-0.2, 0) is 0 Å². The Morgan fingerprint density at radius 1 is 1.38 bits per heavy atom. The monoisotopic (exact) mass is 182 g/mol. The summed E-state index contributed by atoms with van der Waals surface area (Å²) in [5.41, 5.74) is 0. The Labute approximate surface area is 82.5 Å². The number of rotatable bonds is 3. The molecule has 0 spiro atoms. The molecule has 0 aromatic heterocycles. The van der Waals surface area contributed by atoms with Crippen molar-refractivity contribution in [2.75, 3.05) is 13.6 Å². The molecule has 0 aromatic rings. The molecule has 0 aliphatic carbocycles. The van der Waals surface area contributed by atoms with Gasteiger partial charge in [0.1, 0.15) is 0 Å². The Kier molecular flexibility index (Phi) is 7.73. The topological polar surface area (TPSA) is 28.2 Å². The summed E-state index contributed by atoms with van der Waals surface area (Å²) in [5, 5.41) is 6.25. The van der Waals surface area contributed by atoms with Gasteiger partial charge in [0.2, 0.25) is 0 Å². The molecule has 1 N–H and O–H groups in total. The van der Waals surface area contributed by atoms with Crippen LogP contribution in [0.25, 0.3) is 0 Å². The lowest BCUT2D eigenvalue weighted by Gasteiger charge is -2.29. The Morgan fingerprint density at radius 2 is 2.08 bits per heavy atom. The molecule has 1 rings (SSSR count). The number of likely N-dealkylation sites (tertiary alicyclic amines) is 1. The minimum absolute atomic E-state index is 0.990. The number of quaternary nitrogens is 1. The smallest absolute Gasteiger partial charge is 0.0872 e. The third-order valence-electron chi connectivity index (χ3n) is 2.98. The quantitative estimate of drug-likeness (QED) is 0.655. The highest BCUT2D eigenvalue weighted by atomic mass is 15.1. The standard InChI is InChI=1S/C10H21N.CN/c1-3-4-7-10-8-5-6-9-11(10)2;1-2/h10H,3-9H2,1-2H3;/q;-1/p+1. The fourth-order valence-electron chi connectivity index (χ4n) is 2.09. The molecule has 0 bridgehead atoms. The zero-order valence-corrected chi connectivity index (χ0v) is 8.97. The van der Waals surface area contributed by atoms with Crippen molar-refractivity contribution in [3.63, 3.8) is 0 Å². The van der Waals surface area contributed by atoms with Crippen LogP contribution in [-0.4, -0.2) is 19.6 Å². The van der Waals surface area contributed by atoms with Gasteiger partial charge in [-0.25, -0.2) is 0 Å². The summed E-state index contributed by atoms with van der Waals surface area (Å²) in [6, 6.07) is 0.990. The van der Waals surface area contributed by atoms with Crippen molar-refractivity contribution in [3.05, 3.63) is 6.57 Å². The Balaban J connectivity index is 0.000000671. The molecule has 1 heterocycles. The molecule has 2 unspecified atom stereocenters. The lowest BCUT2D eigenvalue weighted by atomic mass is 9.98. The highest BCUT2D eigenvalue weighted by Crippen LogP contribution is 2.08. The van der Waals surface area contributed by atoms with E-state index >= 15 is 0 Å². The molecular weight excluding hydrogens is 160 g/mol. The fourth-order valence-corrected chi connectivity index (χ4v) is 2.09. The second-order valence-electron chi connectivity index (χ2n) is 3.93. The van der Waals surface area contributed by atoms with Gasteiger partial charge in [-0.1, -0.05) is 13.3 Å².